The molecule has 0 radical (unpaired) electrons. The summed E-state index contributed by atoms with van der Waals surface area (Å²) in [6.07, 6.45) is 1.23. The van der Waals surface area contributed by atoms with Crippen LogP contribution in [0.15, 0.2) is 47.5 Å². The van der Waals surface area contributed by atoms with E-state index in [0.717, 1.165) is 0 Å². The van der Waals surface area contributed by atoms with Gasteiger partial charge >= 0.3 is 0 Å². The smallest absolute Gasteiger partial charge is 0.242 e. The maximum absolute atomic E-state index is 13.7. The van der Waals surface area contributed by atoms with Gasteiger partial charge in [0, 0.05) is 24.3 Å². The fourth-order valence-corrected chi connectivity index (χ4v) is 3.05. The summed E-state index contributed by atoms with van der Waals surface area (Å²) in [5.74, 6) is -0.454. The minimum atomic E-state index is -3.77. The van der Waals surface area contributed by atoms with Gasteiger partial charge in [-0.25, -0.2) is 17.5 Å². The van der Waals surface area contributed by atoms with Crippen LogP contribution in [0.4, 0.5) is 4.39 Å². The van der Waals surface area contributed by atoms with Gasteiger partial charge in [-0.2, -0.15) is 0 Å². The molecule has 0 fully saturated rings. The lowest BCUT2D eigenvalue weighted by molar-refractivity contribution is 0.549. The molecule has 21 heavy (non-hydrogen) atoms. The van der Waals surface area contributed by atoms with Gasteiger partial charge in [-0.1, -0.05) is 18.2 Å². The van der Waals surface area contributed by atoms with E-state index < -0.39 is 21.9 Å². The van der Waals surface area contributed by atoms with Gasteiger partial charge in [0.15, 0.2) is 0 Å². The Labute approximate surface area is 123 Å². The summed E-state index contributed by atoms with van der Waals surface area (Å²) in [6, 6.07) is 8.31. The SMILES string of the molecule is CC(NS(=O)(=O)c1ccc(CN)nc1)c1ccccc1F. The lowest BCUT2D eigenvalue weighted by Crippen LogP contribution is -2.27. The number of nitrogens with zero attached hydrogens (tertiary/aromatic N) is 1. The molecule has 0 spiro atoms. The molecule has 0 saturated carbocycles. The maximum atomic E-state index is 13.7. The molecule has 0 bridgehead atoms. The molecule has 1 unspecified atom stereocenters. The summed E-state index contributed by atoms with van der Waals surface area (Å²) in [5.41, 5.74) is 6.29. The maximum Gasteiger partial charge on any atom is 0.242 e. The summed E-state index contributed by atoms with van der Waals surface area (Å²) in [6.45, 7) is 1.82. The number of halogens is 1. The number of benzene rings is 1. The predicted molar refractivity (Wildman–Crippen MR) is 77.3 cm³/mol. The molecule has 1 atom stereocenters. The van der Waals surface area contributed by atoms with E-state index in [4.69, 9.17) is 5.73 Å². The van der Waals surface area contributed by atoms with Gasteiger partial charge in [-0.05, 0) is 25.1 Å². The first kappa shape index (κ1) is 15.6. The minimum absolute atomic E-state index is 0.0166. The zero-order chi connectivity index (χ0) is 15.5. The van der Waals surface area contributed by atoms with Gasteiger partial charge in [0.05, 0.1) is 5.69 Å². The Morgan fingerprint density at radius 1 is 1.29 bits per heavy atom. The number of nitrogens with one attached hydrogen (secondary N) is 1. The van der Waals surface area contributed by atoms with E-state index in [1.165, 1.54) is 24.4 Å². The van der Waals surface area contributed by atoms with Crippen LogP contribution >= 0.6 is 0 Å². The number of rotatable bonds is 5. The van der Waals surface area contributed by atoms with Crippen molar-refractivity contribution in [2.45, 2.75) is 24.4 Å². The second-order valence-corrected chi connectivity index (χ2v) is 6.27. The molecule has 0 aliphatic heterocycles. The average Bonchev–Trinajstić information content (AvgIpc) is 2.47. The van der Waals surface area contributed by atoms with Crippen LogP contribution in [0.1, 0.15) is 24.2 Å². The summed E-state index contributed by atoms with van der Waals surface area (Å²) < 4.78 is 40.5. The van der Waals surface area contributed by atoms with Gasteiger partial charge < -0.3 is 5.73 Å². The summed E-state index contributed by atoms with van der Waals surface area (Å²) in [4.78, 5) is 3.96. The van der Waals surface area contributed by atoms with E-state index in [-0.39, 0.29) is 17.0 Å². The molecule has 2 rings (SSSR count). The number of sulfonamides is 1. The van der Waals surface area contributed by atoms with E-state index in [0.29, 0.717) is 5.69 Å². The lowest BCUT2D eigenvalue weighted by atomic mass is 10.1. The van der Waals surface area contributed by atoms with E-state index in [1.54, 1.807) is 25.1 Å². The van der Waals surface area contributed by atoms with Crippen molar-refractivity contribution in [2.75, 3.05) is 0 Å². The van der Waals surface area contributed by atoms with Crippen molar-refractivity contribution < 1.29 is 12.8 Å². The largest absolute Gasteiger partial charge is 0.325 e. The van der Waals surface area contributed by atoms with Crippen LogP contribution < -0.4 is 10.5 Å². The Morgan fingerprint density at radius 2 is 2.00 bits per heavy atom. The van der Waals surface area contributed by atoms with Gasteiger partial charge in [0.1, 0.15) is 10.7 Å². The van der Waals surface area contributed by atoms with Crippen molar-refractivity contribution >= 4 is 10.0 Å². The Bertz CT molecular complexity index is 717. The summed E-state index contributed by atoms with van der Waals surface area (Å²) in [5, 5.41) is 0. The Morgan fingerprint density at radius 3 is 2.57 bits per heavy atom. The minimum Gasteiger partial charge on any atom is -0.325 e. The highest BCUT2D eigenvalue weighted by Crippen LogP contribution is 2.19. The molecule has 0 aliphatic carbocycles. The molecule has 3 N–H and O–H groups in total. The first-order valence-electron chi connectivity index (χ1n) is 6.36. The Balaban J connectivity index is 2.22. The molecular weight excluding hydrogens is 293 g/mol. The van der Waals surface area contributed by atoms with Crippen molar-refractivity contribution in [3.05, 3.63) is 59.7 Å². The van der Waals surface area contributed by atoms with Gasteiger partial charge in [0.25, 0.3) is 0 Å². The first-order chi connectivity index (χ1) is 9.94. The van der Waals surface area contributed by atoms with Crippen LogP contribution in [0.5, 0.6) is 0 Å². The van der Waals surface area contributed by atoms with Crippen LogP contribution in [0.25, 0.3) is 0 Å². The topological polar surface area (TPSA) is 85.1 Å². The number of nitrogens with two attached hydrogens (primary N) is 1. The molecule has 7 heteroatoms. The van der Waals surface area contributed by atoms with E-state index in [2.05, 4.69) is 9.71 Å². The highest BCUT2D eigenvalue weighted by Gasteiger charge is 2.20. The normalized spacial score (nSPS) is 13.1. The van der Waals surface area contributed by atoms with Crippen molar-refractivity contribution in [1.82, 2.24) is 9.71 Å². The van der Waals surface area contributed by atoms with Gasteiger partial charge in [-0.3, -0.25) is 4.98 Å². The van der Waals surface area contributed by atoms with Crippen LogP contribution in [0.2, 0.25) is 0 Å². The van der Waals surface area contributed by atoms with Crippen LogP contribution in [-0.4, -0.2) is 13.4 Å². The molecule has 1 aromatic heterocycles. The van der Waals surface area contributed by atoms with Crippen LogP contribution in [0.3, 0.4) is 0 Å². The zero-order valence-corrected chi connectivity index (χ0v) is 12.3. The first-order valence-corrected chi connectivity index (χ1v) is 7.84. The molecule has 0 amide bonds. The third kappa shape index (κ3) is 3.63. The molecule has 5 nitrogen and oxygen atoms in total. The van der Waals surface area contributed by atoms with E-state index >= 15 is 0 Å². The van der Waals surface area contributed by atoms with Crippen molar-refractivity contribution in [1.29, 1.82) is 0 Å². The molecule has 0 aliphatic rings. The fourth-order valence-electron chi connectivity index (χ4n) is 1.88. The van der Waals surface area contributed by atoms with Crippen molar-refractivity contribution in [3.8, 4) is 0 Å². The van der Waals surface area contributed by atoms with Gasteiger partial charge in [-0.15, -0.1) is 0 Å². The predicted octanol–water partition coefficient (Wildman–Crippen LogP) is 1.72. The lowest BCUT2D eigenvalue weighted by Gasteiger charge is -2.15. The number of aromatic nitrogens is 1. The standard InChI is InChI=1S/C14H16FN3O2S/c1-10(13-4-2-3-5-14(13)15)18-21(19,20)12-7-6-11(8-16)17-9-12/h2-7,9-10,18H,8,16H2,1H3. The summed E-state index contributed by atoms with van der Waals surface area (Å²) >= 11 is 0. The van der Waals surface area contributed by atoms with Gasteiger partial charge in [0.2, 0.25) is 10.0 Å². The summed E-state index contributed by atoms with van der Waals surface area (Å²) in [7, 11) is -3.77. The number of hydrogen-bond donors (Lipinski definition) is 2. The highest BCUT2D eigenvalue weighted by atomic mass is 32.2. The van der Waals surface area contributed by atoms with Crippen molar-refractivity contribution in [3.63, 3.8) is 0 Å². The molecule has 0 saturated heterocycles. The third-order valence-electron chi connectivity index (χ3n) is 3.02. The zero-order valence-electron chi connectivity index (χ0n) is 11.5. The Hall–Kier alpha value is -1.83. The average molecular weight is 309 g/mol. The van der Waals surface area contributed by atoms with Crippen LogP contribution in [0, 0.1) is 5.82 Å². The number of hydrogen-bond acceptors (Lipinski definition) is 4. The molecule has 112 valence electrons. The Kier molecular flexibility index (Phi) is 4.66. The second-order valence-electron chi connectivity index (χ2n) is 4.55. The quantitative estimate of drug-likeness (QED) is 0.880. The highest BCUT2D eigenvalue weighted by molar-refractivity contribution is 7.89. The molecule has 1 heterocycles. The fraction of sp³-hybridized carbons (Fsp3) is 0.214. The van der Waals surface area contributed by atoms with E-state index in [9.17, 15) is 12.8 Å². The number of pyridine rings is 1. The second kappa shape index (κ2) is 6.30. The van der Waals surface area contributed by atoms with Crippen molar-refractivity contribution in [2.24, 2.45) is 5.73 Å². The molecule has 1 aromatic carbocycles. The van der Waals surface area contributed by atoms with Crippen LogP contribution in [-0.2, 0) is 16.6 Å². The molecule has 2 aromatic rings. The molecular formula is C14H16FN3O2S. The third-order valence-corrected chi connectivity index (χ3v) is 4.55. The van der Waals surface area contributed by atoms with E-state index in [1.807, 2.05) is 0 Å². The monoisotopic (exact) mass is 309 g/mol.